The van der Waals surface area contributed by atoms with E-state index in [1.807, 2.05) is 36.1 Å². The Morgan fingerprint density at radius 2 is 2.29 bits per heavy atom. The predicted molar refractivity (Wildman–Crippen MR) is 58.4 cm³/mol. The third kappa shape index (κ3) is 2.29. The third-order valence-electron chi connectivity index (χ3n) is 1.85. The molecule has 2 aromatic heterocycles. The lowest BCUT2D eigenvalue weighted by Crippen LogP contribution is -2.01. The minimum Gasteiger partial charge on any atom is -0.364 e. The average molecular weight is 205 g/mol. The van der Waals surface area contributed by atoms with E-state index in [-0.39, 0.29) is 0 Å². The summed E-state index contributed by atoms with van der Waals surface area (Å²) in [4.78, 5) is 8.42. The molecule has 0 aliphatic carbocycles. The molecule has 14 heavy (non-hydrogen) atoms. The summed E-state index contributed by atoms with van der Waals surface area (Å²) < 4.78 is 0. The Balaban J connectivity index is 1.95. The Kier molecular flexibility index (Phi) is 2.74. The molecule has 2 rings (SSSR count). The summed E-state index contributed by atoms with van der Waals surface area (Å²) in [6, 6.07) is 4.01. The van der Waals surface area contributed by atoms with E-state index in [9.17, 15) is 0 Å². The Labute approximate surface area is 86.8 Å². The second-order valence-electron chi connectivity index (χ2n) is 3.05. The van der Waals surface area contributed by atoms with Gasteiger partial charge in [-0.2, -0.15) is 0 Å². The second kappa shape index (κ2) is 4.19. The lowest BCUT2D eigenvalue weighted by Gasteiger charge is -2.02. The molecule has 0 atom stereocenters. The highest BCUT2D eigenvalue weighted by molar-refractivity contribution is 7.07. The molecule has 0 spiro atoms. The van der Waals surface area contributed by atoms with Crippen molar-refractivity contribution in [2.24, 2.45) is 0 Å². The normalized spacial score (nSPS) is 10.1. The van der Waals surface area contributed by atoms with Crippen LogP contribution in [0.2, 0.25) is 0 Å². The van der Waals surface area contributed by atoms with Crippen molar-refractivity contribution in [1.29, 1.82) is 0 Å². The number of hydrogen-bond donors (Lipinski definition) is 1. The SMILES string of the molecule is Cc1ccc(NCc2cscn2)nc1. The van der Waals surface area contributed by atoms with E-state index < -0.39 is 0 Å². The minimum atomic E-state index is 0.736. The quantitative estimate of drug-likeness (QED) is 0.836. The number of aromatic nitrogens is 2. The number of nitrogens with zero attached hydrogens (tertiary/aromatic N) is 2. The van der Waals surface area contributed by atoms with Crippen molar-refractivity contribution in [3.8, 4) is 0 Å². The number of rotatable bonds is 3. The summed E-state index contributed by atoms with van der Waals surface area (Å²) in [5, 5.41) is 5.24. The minimum absolute atomic E-state index is 0.736. The largest absolute Gasteiger partial charge is 0.364 e. The third-order valence-corrected chi connectivity index (χ3v) is 2.48. The van der Waals surface area contributed by atoms with Gasteiger partial charge in [-0.25, -0.2) is 9.97 Å². The van der Waals surface area contributed by atoms with Crippen LogP contribution >= 0.6 is 11.3 Å². The van der Waals surface area contributed by atoms with E-state index in [1.165, 1.54) is 5.56 Å². The number of anilines is 1. The maximum absolute atomic E-state index is 4.24. The molecule has 0 bridgehead atoms. The van der Waals surface area contributed by atoms with E-state index in [1.54, 1.807) is 11.3 Å². The summed E-state index contributed by atoms with van der Waals surface area (Å²) in [6.45, 7) is 2.76. The molecule has 0 aliphatic rings. The maximum Gasteiger partial charge on any atom is 0.126 e. The summed E-state index contributed by atoms with van der Waals surface area (Å²) in [5.41, 5.74) is 4.06. The smallest absolute Gasteiger partial charge is 0.126 e. The monoisotopic (exact) mass is 205 g/mol. The summed E-state index contributed by atoms with van der Waals surface area (Å²) in [6.07, 6.45) is 1.85. The first kappa shape index (κ1) is 9.15. The molecule has 0 aliphatic heterocycles. The lowest BCUT2D eigenvalue weighted by molar-refractivity contribution is 1.05. The van der Waals surface area contributed by atoms with Crippen LogP contribution in [0, 0.1) is 6.92 Å². The van der Waals surface area contributed by atoms with Crippen LogP contribution in [0.25, 0.3) is 0 Å². The number of hydrogen-bond acceptors (Lipinski definition) is 4. The Bertz CT molecular complexity index is 380. The molecule has 0 saturated carbocycles. The van der Waals surface area contributed by atoms with Crippen LogP contribution in [0.1, 0.15) is 11.3 Å². The highest BCUT2D eigenvalue weighted by Gasteiger charge is 1.95. The molecule has 72 valence electrons. The van der Waals surface area contributed by atoms with Gasteiger partial charge in [0.15, 0.2) is 0 Å². The number of pyridine rings is 1. The molecule has 2 heterocycles. The highest BCUT2D eigenvalue weighted by Crippen LogP contribution is 2.07. The lowest BCUT2D eigenvalue weighted by atomic mass is 10.3. The standard InChI is InChI=1S/C10H11N3S/c1-8-2-3-10(11-4-8)12-5-9-6-14-7-13-9/h2-4,6-7H,5H2,1H3,(H,11,12). The van der Waals surface area contributed by atoms with E-state index in [0.29, 0.717) is 0 Å². The fourth-order valence-electron chi connectivity index (χ4n) is 1.08. The molecular weight excluding hydrogens is 194 g/mol. The molecular formula is C10H11N3S. The molecule has 0 radical (unpaired) electrons. The first-order chi connectivity index (χ1) is 6.84. The van der Waals surface area contributed by atoms with Gasteiger partial charge in [0.25, 0.3) is 0 Å². The van der Waals surface area contributed by atoms with Crippen LogP contribution in [0.15, 0.2) is 29.2 Å². The van der Waals surface area contributed by atoms with Gasteiger partial charge in [-0.1, -0.05) is 6.07 Å². The van der Waals surface area contributed by atoms with Crippen LogP contribution < -0.4 is 5.32 Å². The van der Waals surface area contributed by atoms with Crippen molar-refractivity contribution in [3.63, 3.8) is 0 Å². The van der Waals surface area contributed by atoms with Gasteiger partial charge in [-0.3, -0.25) is 0 Å². The van der Waals surface area contributed by atoms with Gasteiger partial charge in [0, 0.05) is 11.6 Å². The van der Waals surface area contributed by atoms with Gasteiger partial charge in [-0.05, 0) is 18.6 Å². The van der Waals surface area contributed by atoms with Crippen molar-refractivity contribution in [2.75, 3.05) is 5.32 Å². The van der Waals surface area contributed by atoms with Crippen molar-refractivity contribution < 1.29 is 0 Å². The van der Waals surface area contributed by atoms with E-state index >= 15 is 0 Å². The van der Waals surface area contributed by atoms with Gasteiger partial charge in [-0.15, -0.1) is 11.3 Å². The molecule has 0 unspecified atom stereocenters. The number of nitrogens with one attached hydrogen (secondary N) is 1. The van der Waals surface area contributed by atoms with Crippen molar-refractivity contribution in [3.05, 3.63) is 40.5 Å². The van der Waals surface area contributed by atoms with Gasteiger partial charge in [0.05, 0.1) is 17.7 Å². The summed E-state index contributed by atoms with van der Waals surface area (Å²) >= 11 is 1.61. The van der Waals surface area contributed by atoms with Gasteiger partial charge >= 0.3 is 0 Å². The van der Waals surface area contributed by atoms with Crippen LogP contribution in [0.5, 0.6) is 0 Å². The van der Waals surface area contributed by atoms with Crippen molar-refractivity contribution in [2.45, 2.75) is 13.5 Å². The zero-order valence-corrected chi connectivity index (χ0v) is 8.71. The molecule has 2 aromatic rings. The highest BCUT2D eigenvalue weighted by atomic mass is 32.1. The van der Waals surface area contributed by atoms with Gasteiger partial charge in [0.2, 0.25) is 0 Å². The first-order valence-electron chi connectivity index (χ1n) is 4.38. The van der Waals surface area contributed by atoms with Crippen LogP contribution in [0.4, 0.5) is 5.82 Å². The summed E-state index contributed by atoms with van der Waals surface area (Å²) in [7, 11) is 0. The summed E-state index contributed by atoms with van der Waals surface area (Å²) in [5.74, 6) is 0.892. The molecule has 0 saturated heterocycles. The average Bonchev–Trinajstić information content (AvgIpc) is 2.70. The van der Waals surface area contributed by atoms with Crippen LogP contribution in [-0.4, -0.2) is 9.97 Å². The van der Waals surface area contributed by atoms with E-state index in [2.05, 4.69) is 15.3 Å². The van der Waals surface area contributed by atoms with Crippen molar-refractivity contribution in [1.82, 2.24) is 9.97 Å². The fraction of sp³-hybridized carbons (Fsp3) is 0.200. The Hall–Kier alpha value is -1.42. The van der Waals surface area contributed by atoms with Gasteiger partial charge < -0.3 is 5.32 Å². The zero-order valence-electron chi connectivity index (χ0n) is 7.90. The molecule has 0 fully saturated rings. The Morgan fingerprint density at radius 1 is 1.36 bits per heavy atom. The first-order valence-corrected chi connectivity index (χ1v) is 5.32. The van der Waals surface area contributed by atoms with E-state index in [4.69, 9.17) is 0 Å². The maximum atomic E-state index is 4.24. The zero-order chi connectivity index (χ0) is 9.80. The molecule has 3 nitrogen and oxygen atoms in total. The van der Waals surface area contributed by atoms with E-state index in [0.717, 1.165) is 18.1 Å². The molecule has 0 amide bonds. The van der Waals surface area contributed by atoms with Crippen molar-refractivity contribution >= 4 is 17.2 Å². The second-order valence-corrected chi connectivity index (χ2v) is 3.77. The molecule has 4 heteroatoms. The van der Waals surface area contributed by atoms with Crippen LogP contribution in [-0.2, 0) is 6.54 Å². The molecule has 0 aromatic carbocycles. The van der Waals surface area contributed by atoms with Crippen LogP contribution in [0.3, 0.4) is 0 Å². The predicted octanol–water partition coefficient (Wildman–Crippen LogP) is 2.46. The van der Waals surface area contributed by atoms with Gasteiger partial charge in [0.1, 0.15) is 5.82 Å². The topological polar surface area (TPSA) is 37.8 Å². The molecule has 1 N–H and O–H groups in total. The number of aryl methyl sites for hydroxylation is 1. The fourth-order valence-corrected chi connectivity index (χ4v) is 1.64. The Morgan fingerprint density at radius 3 is 2.93 bits per heavy atom. The number of thiazole rings is 1.